The first-order valence-corrected chi connectivity index (χ1v) is 10.3. The van der Waals surface area contributed by atoms with Crippen molar-refractivity contribution in [2.45, 2.75) is 27.3 Å². The van der Waals surface area contributed by atoms with Gasteiger partial charge in [-0.05, 0) is 44.0 Å². The molecule has 0 fully saturated rings. The lowest BCUT2D eigenvalue weighted by Crippen LogP contribution is -2.20. The Balaban J connectivity index is 1.97. The minimum Gasteiger partial charge on any atom is -0.493 e. The first kappa shape index (κ1) is 22.9. The van der Waals surface area contributed by atoms with Crippen molar-refractivity contribution in [3.05, 3.63) is 65.4 Å². The first-order chi connectivity index (χ1) is 15.4. The first-order valence-electron chi connectivity index (χ1n) is 10.3. The second-order valence-electron chi connectivity index (χ2n) is 7.22. The summed E-state index contributed by atoms with van der Waals surface area (Å²) in [6.07, 6.45) is 0. The minimum atomic E-state index is -0.390. The van der Waals surface area contributed by atoms with Crippen molar-refractivity contribution in [1.82, 2.24) is 4.57 Å². The Morgan fingerprint density at radius 2 is 1.66 bits per heavy atom. The van der Waals surface area contributed by atoms with Crippen LogP contribution >= 0.6 is 0 Å². The third kappa shape index (κ3) is 4.61. The van der Waals surface area contributed by atoms with E-state index in [-0.39, 0.29) is 19.1 Å². The minimum absolute atomic E-state index is 0.0324. The zero-order valence-electron chi connectivity index (χ0n) is 19.0. The van der Waals surface area contributed by atoms with E-state index in [9.17, 15) is 9.59 Å². The number of nitrogens with one attached hydrogen (secondary N) is 1. The monoisotopic (exact) mass is 436 g/mol. The van der Waals surface area contributed by atoms with Crippen LogP contribution in [0.4, 0.5) is 5.69 Å². The van der Waals surface area contributed by atoms with Crippen LogP contribution in [0.5, 0.6) is 11.5 Å². The zero-order valence-corrected chi connectivity index (χ0v) is 19.0. The number of carbonyl (C=O) groups excluding carboxylic acids is 2. The molecule has 1 N–H and O–H groups in total. The number of methoxy groups -OCH3 is 2. The summed E-state index contributed by atoms with van der Waals surface area (Å²) in [5.74, 6) is 0.474. The smallest absolute Gasteiger partial charge is 0.340 e. The van der Waals surface area contributed by atoms with E-state index in [0.29, 0.717) is 28.4 Å². The topological polar surface area (TPSA) is 78.8 Å². The van der Waals surface area contributed by atoms with Gasteiger partial charge in [0, 0.05) is 17.4 Å². The molecule has 0 saturated heterocycles. The second kappa shape index (κ2) is 10.0. The second-order valence-corrected chi connectivity index (χ2v) is 7.22. The number of nitrogens with zero attached hydrogens (tertiary/aromatic N) is 1. The van der Waals surface area contributed by atoms with Crippen molar-refractivity contribution in [3.63, 3.8) is 0 Å². The molecule has 7 nitrogen and oxygen atoms in total. The molecule has 0 spiro atoms. The van der Waals surface area contributed by atoms with Crippen molar-refractivity contribution in [1.29, 1.82) is 0 Å². The van der Waals surface area contributed by atoms with Crippen molar-refractivity contribution in [2.75, 3.05) is 26.1 Å². The van der Waals surface area contributed by atoms with Gasteiger partial charge in [-0.3, -0.25) is 4.79 Å². The van der Waals surface area contributed by atoms with E-state index in [2.05, 4.69) is 5.32 Å². The Labute approximate surface area is 187 Å². The van der Waals surface area contributed by atoms with E-state index in [1.54, 1.807) is 39.3 Å². The van der Waals surface area contributed by atoms with Crippen LogP contribution in [0.15, 0.2) is 48.5 Å². The molecule has 1 heterocycles. The molecule has 0 saturated carbocycles. The van der Waals surface area contributed by atoms with Gasteiger partial charge < -0.3 is 24.1 Å². The van der Waals surface area contributed by atoms with Gasteiger partial charge in [-0.15, -0.1) is 0 Å². The Morgan fingerprint density at radius 1 is 0.969 bits per heavy atom. The standard InChI is InChI=1S/C25H28N2O5/c1-6-32-25(29)23-16(2)24(18-10-8-7-9-11-18)27(17(23)3)15-22(28)26-19-12-13-20(30-4)21(14-19)31-5/h7-14H,6,15H2,1-5H3,(H,26,28). The van der Waals surface area contributed by atoms with Crippen LogP contribution in [0, 0.1) is 13.8 Å². The fourth-order valence-electron chi connectivity index (χ4n) is 3.82. The highest BCUT2D eigenvalue weighted by atomic mass is 16.5. The number of aromatic nitrogens is 1. The summed E-state index contributed by atoms with van der Waals surface area (Å²) in [5, 5.41) is 2.89. The Bertz CT molecular complexity index is 1120. The fraction of sp³-hybridized carbons (Fsp3) is 0.280. The number of amides is 1. The van der Waals surface area contributed by atoms with Crippen LogP contribution in [0.25, 0.3) is 11.3 Å². The lowest BCUT2D eigenvalue weighted by Gasteiger charge is -2.14. The lowest BCUT2D eigenvalue weighted by molar-refractivity contribution is -0.116. The van der Waals surface area contributed by atoms with E-state index in [4.69, 9.17) is 14.2 Å². The number of hydrogen-bond acceptors (Lipinski definition) is 5. The molecule has 1 aromatic heterocycles. The largest absolute Gasteiger partial charge is 0.493 e. The molecule has 0 aliphatic carbocycles. The molecule has 168 valence electrons. The normalized spacial score (nSPS) is 10.5. The van der Waals surface area contributed by atoms with Gasteiger partial charge in [-0.1, -0.05) is 30.3 Å². The fourth-order valence-corrected chi connectivity index (χ4v) is 3.82. The highest BCUT2D eigenvalue weighted by Crippen LogP contribution is 2.32. The SMILES string of the molecule is CCOC(=O)c1c(C)c(-c2ccccc2)n(CC(=O)Nc2ccc(OC)c(OC)c2)c1C. The Morgan fingerprint density at radius 3 is 2.28 bits per heavy atom. The molecule has 3 aromatic rings. The summed E-state index contributed by atoms with van der Waals surface area (Å²) in [7, 11) is 3.10. The molecule has 0 atom stereocenters. The summed E-state index contributed by atoms with van der Waals surface area (Å²) < 4.78 is 17.7. The zero-order chi connectivity index (χ0) is 23.3. The molecule has 0 aliphatic heterocycles. The Hall–Kier alpha value is -3.74. The number of benzene rings is 2. The number of ether oxygens (including phenoxy) is 3. The average Bonchev–Trinajstić information content (AvgIpc) is 3.03. The predicted molar refractivity (Wildman–Crippen MR) is 123 cm³/mol. The summed E-state index contributed by atoms with van der Waals surface area (Å²) in [6.45, 7) is 5.79. The van der Waals surface area contributed by atoms with Gasteiger partial charge >= 0.3 is 5.97 Å². The molecule has 0 unspecified atom stereocenters. The van der Waals surface area contributed by atoms with Crippen molar-refractivity contribution >= 4 is 17.6 Å². The molecule has 0 aliphatic rings. The molecular formula is C25H28N2O5. The van der Waals surface area contributed by atoms with Gasteiger partial charge in [0.05, 0.1) is 32.1 Å². The van der Waals surface area contributed by atoms with Crippen LogP contribution in [0.3, 0.4) is 0 Å². The van der Waals surface area contributed by atoms with Crippen LogP contribution in [-0.4, -0.2) is 37.3 Å². The summed E-state index contributed by atoms with van der Waals surface area (Å²) in [4.78, 5) is 25.6. The van der Waals surface area contributed by atoms with Gasteiger partial charge in [0.2, 0.25) is 5.91 Å². The molecule has 0 bridgehead atoms. The molecule has 0 radical (unpaired) electrons. The van der Waals surface area contributed by atoms with E-state index in [1.807, 2.05) is 48.7 Å². The maximum atomic E-state index is 13.0. The van der Waals surface area contributed by atoms with E-state index >= 15 is 0 Å². The van der Waals surface area contributed by atoms with Gasteiger partial charge in [0.1, 0.15) is 6.54 Å². The maximum absolute atomic E-state index is 13.0. The van der Waals surface area contributed by atoms with Crippen LogP contribution in [-0.2, 0) is 16.1 Å². The molecule has 7 heteroatoms. The highest BCUT2D eigenvalue weighted by Gasteiger charge is 2.25. The number of hydrogen-bond donors (Lipinski definition) is 1. The van der Waals surface area contributed by atoms with Crippen molar-refractivity contribution < 1.29 is 23.8 Å². The predicted octanol–water partition coefficient (Wildman–Crippen LogP) is 4.60. The maximum Gasteiger partial charge on any atom is 0.340 e. The quantitative estimate of drug-likeness (QED) is 0.522. The summed E-state index contributed by atoms with van der Waals surface area (Å²) >= 11 is 0. The molecule has 2 aromatic carbocycles. The average molecular weight is 437 g/mol. The van der Waals surface area contributed by atoms with Gasteiger partial charge in [-0.2, -0.15) is 0 Å². The molecule has 32 heavy (non-hydrogen) atoms. The van der Waals surface area contributed by atoms with Crippen LogP contribution < -0.4 is 14.8 Å². The molecular weight excluding hydrogens is 408 g/mol. The van der Waals surface area contributed by atoms with E-state index in [0.717, 1.165) is 16.8 Å². The lowest BCUT2D eigenvalue weighted by atomic mass is 10.1. The third-order valence-corrected chi connectivity index (χ3v) is 5.26. The molecule has 1 amide bonds. The van der Waals surface area contributed by atoms with Crippen molar-refractivity contribution in [3.8, 4) is 22.8 Å². The van der Waals surface area contributed by atoms with Gasteiger partial charge in [0.15, 0.2) is 11.5 Å². The number of anilines is 1. The number of rotatable bonds is 8. The Kier molecular flexibility index (Phi) is 7.20. The third-order valence-electron chi connectivity index (χ3n) is 5.26. The highest BCUT2D eigenvalue weighted by molar-refractivity contribution is 5.96. The molecule has 3 rings (SSSR count). The number of esters is 1. The van der Waals surface area contributed by atoms with Crippen LogP contribution in [0.2, 0.25) is 0 Å². The number of carbonyl (C=O) groups is 2. The van der Waals surface area contributed by atoms with Crippen molar-refractivity contribution in [2.24, 2.45) is 0 Å². The summed E-state index contributed by atoms with van der Waals surface area (Å²) in [6, 6.07) is 14.9. The van der Waals surface area contributed by atoms with E-state index in [1.165, 1.54) is 0 Å². The van der Waals surface area contributed by atoms with Crippen LogP contribution in [0.1, 0.15) is 28.5 Å². The summed E-state index contributed by atoms with van der Waals surface area (Å²) in [5.41, 5.74) is 4.27. The van der Waals surface area contributed by atoms with Gasteiger partial charge in [-0.25, -0.2) is 4.79 Å². The van der Waals surface area contributed by atoms with E-state index < -0.39 is 5.97 Å². The van der Waals surface area contributed by atoms with Gasteiger partial charge in [0.25, 0.3) is 0 Å².